The number of thioether (sulfide) groups is 1. The molecule has 0 saturated heterocycles. The number of aromatic nitrogens is 2. The van der Waals surface area contributed by atoms with Gasteiger partial charge in [-0.05, 0) is 23.1 Å². The van der Waals surface area contributed by atoms with Gasteiger partial charge in [-0.3, -0.25) is 4.79 Å². The van der Waals surface area contributed by atoms with Crippen molar-refractivity contribution in [2.45, 2.75) is 37.3 Å². The maximum atomic E-state index is 13.1. The van der Waals surface area contributed by atoms with Crippen LogP contribution in [0, 0.1) is 11.2 Å². The fourth-order valence-electron chi connectivity index (χ4n) is 1.74. The van der Waals surface area contributed by atoms with Gasteiger partial charge in [0.25, 0.3) is 0 Å². The summed E-state index contributed by atoms with van der Waals surface area (Å²) in [6.45, 7) is 6.02. The number of amides is 1. The maximum Gasteiger partial charge on any atom is 0.226 e. The third-order valence-corrected chi connectivity index (χ3v) is 4.64. The number of rotatable bonds is 5. The standard InChI is InChI=1S/C15H18FN3OS2/c1-15(2,3)8-12(20)17-13-18-19-14(22-13)21-9-10-5-4-6-11(16)7-10/h4-7H,8-9H2,1-3H3,(H,17,18,20). The van der Waals surface area contributed by atoms with Crippen LogP contribution in [0.1, 0.15) is 32.8 Å². The van der Waals surface area contributed by atoms with Crippen molar-refractivity contribution >= 4 is 34.1 Å². The Morgan fingerprint density at radius 3 is 2.82 bits per heavy atom. The zero-order chi connectivity index (χ0) is 16.2. The van der Waals surface area contributed by atoms with E-state index >= 15 is 0 Å². The molecule has 1 aromatic carbocycles. The van der Waals surface area contributed by atoms with Crippen molar-refractivity contribution in [3.05, 3.63) is 35.6 Å². The van der Waals surface area contributed by atoms with Crippen LogP contribution < -0.4 is 5.32 Å². The molecule has 118 valence electrons. The zero-order valence-corrected chi connectivity index (χ0v) is 14.4. The monoisotopic (exact) mass is 339 g/mol. The van der Waals surface area contributed by atoms with Crippen LogP contribution in [0.15, 0.2) is 28.6 Å². The van der Waals surface area contributed by atoms with Gasteiger partial charge < -0.3 is 5.32 Å². The molecule has 0 atom stereocenters. The Kier molecular flexibility index (Phi) is 5.52. The Hall–Kier alpha value is -1.47. The Morgan fingerprint density at radius 2 is 2.14 bits per heavy atom. The van der Waals surface area contributed by atoms with Crippen LogP contribution in [0.25, 0.3) is 0 Å². The normalized spacial score (nSPS) is 11.5. The smallest absolute Gasteiger partial charge is 0.226 e. The molecule has 0 spiro atoms. The number of anilines is 1. The third kappa shape index (κ3) is 5.73. The summed E-state index contributed by atoms with van der Waals surface area (Å²) in [5.41, 5.74) is 0.822. The first-order valence-corrected chi connectivity index (χ1v) is 8.63. The van der Waals surface area contributed by atoms with Gasteiger partial charge in [0.1, 0.15) is 5.82 Å². The molecule has 0 radical (unpaired) electrons. The summed E-state index contributed by atoms with van der Waals surface area (Å²) in [6.07, 6.45) is 0.429. The predicted molar refractivity (Wildman–Crippen MR) is 88.6 cm³/mol. The molecule has 1 N–H and O–H groups in total. The van der Waals surface area contributed by atoms with Crippen molar-refractivity contribution in [3.8, 4) is 0 Å². The molecule has 1 heterocycles. The van der Waals surface area contributed by atoms with Gasteiger partial charge in [-0.2, -0.15) is 0 Å². The molecule has 4 nitrogen and oxygen atoms in total. The molecule has 2 rings (SSSR count). The SMILES string of the molecule is CC(C)(C)CC(=O)Nc1nnc(SCc2cccc(F)c2)s1. The highest BCUT2D eigenvalue weighted by molar-refractivity contribution is 8.00. The van der Waals surface area contributed by atoms with Gasteiger partial charge in [-0.25, -0.2) is 4.39 Å². The van der Waals surface area contributed by atoms with Crippen LogP contribution in [0.4, 0.5) is 9.52 Å². The van der Waals surface area contributed by atoms with E-state index < -0.39 is 0 Å². The van der Waals surface area contributed by atoms with E-state index in [4.69, 9.17) is 0 Å². The first-order valence-electron chi connectivity index (χ1n) is 6.82. The number of halogens is 1. The van der Waals surface area contributed by atoms with Crippen LogP contribution in [0.3, 0.4) is 0 Å². The highest BCUT2D eigenvalue weighted by Gasteiger charge is 2.17. The molecular weight excluding hydrogens is 321 g/mol. The first kappa shape index (κ1) is 16.9. The topological polar surface area (TPSA) is 54.9 Å². The number of benzene rings is 1. The average molecular weight is 339 g/mol. The van der Waals surface area contributed by atoms with Crippen molar-refractivity contribution in [1.29, 1.82) is 0 Å². The molecule has 1 aromatic heterocycles. The average Bonchev–Trinajstić information content (AvgIpc) is 2.81. The Morgan fingerprint density at radius 1 is 1.36 bits per heavy atom. The van der Waals surface area contributed by atoms with Crippen LogP contribution in [-0.2, 0) is 10.5 Å². The Bertz CT molecular complexity index is 652. The van der Waals surface area contributed by atoms with Crippen LogP contribution in [0.5, 0.6) is 0 Å². The van der Waals surface area contributed by atoms with Crippen molar-refractivity contribution < 1.29 is 9.18 Å². The van der Waals surface area contributed by atoms with Crippen molar-refractivity contribution in [2.75, 3.05) is 5.32 Å². The second-order valence-electron chi connectivity index (χ2n) is 6.08. The maximum absolute atomic E-state index is 13.1. The first-order chi connectivity index (χ1) is 10.3. The fraction of sp³-hybridized carbons (Fsp3) is 0.400. The quantitative estimate of drug-likeness (QED) is 0.650. The van der Waals surface area contributed by atoms with E-state index in [1.54, 1.807) is 6.07 Å². The zero-order valence-electron chi connectivity index (χ0n) is 12.7. The van der Waals surface area contributed by atoms with Gasteiger partial charge in [-0.1, -0.05) is 56.0 Å². The van der Waals surface area contributed by atoms with E-state index in [-0.39, 0.29) is 17.1 Å². The van der Waals surface area contributed by atoms with Gasteiger partial charge in [-0.15, -0.1) is 10.2 Å². The van der Waals surface area contributed by atoms with E-state index in [1.165, 1.54) is 35.2 Å². The van der Waals surface area contributed by atoms with Crippen LogP contribution >= 0.6 is 23.1 Å². The molecule has 0 unspecified atom stereocenters. The number of nitrogens with zero attached hydrogens (tertiary/aromatic N) is 2. The molecule has 0 aliphatic heterocycles. The van der Waals surface area contributed by atoms with E-state index in [9.17, 15) is 9.18 Å². The molecule has 22 heavy (non-hydrogen) atoms. The summed E-state index contributed by atoms with van der Waals surface area (Å²) >= 11 is 2.80. The van der Waals surface area contributed by atoms with E-state index in [1.807, 2.05) is 26.8 Å². The molecule has 2 aromatic rings. The van der Waals surface area contributed by atoms with Crippen LogP contribution in [0.2, 0.25) is 0 Å². The van der Waals surface area contributed by atoms with Crippen LogP contribution in [-0.4, -0.2) is 16.1 Å². The lowest BCUT2D eigenvalue weighted by Gasteiger charge is -2.16. The molecule has 0 fully saturated rings. The summed E-state index contributed by atoms with van der Waals surface area (Å²) in [5, 5.41) is 11.2. The summed E-state index contributed by atoms with van der Waals surface area (Å²) in [4.78, 5) is 11.8. The van der Waals surface area contributed by atoms with E-state index in [2.05, 4.69) is 15.5 Å². The Balaban J connectivity index is 1.87. The molecule has 0 aliphatic carbocycles. The lowest BCUT2D eigenvalue weighted by Crippen LogP contribution is -2.19. The minimum Gasteiger partial charge on any atom is -0.300 e. The van der Waals surface area contributed by atoms with Crippen molar-refractivity contribution in [1.82, 2.24) is 10.2 Å². The number of carbonyl (C=O) groups is 1. The van der Waals surface area contributed by atoms with E-state index in [0.717, 1.165) is 9.90 Å². The molecule has 1 amide bonds. The largest absolute Gasteiger partial charge is 0.300 e. The molecular formula is C15H18FN3OS2. The second kappa shape index (κ2) is 7.19. The van der Waals surface area contributed by atoms with Crippen molar-refractivity contribution in [2.24, 2.45) is 5.41 Å². The number of hydrogen-bond acceptors (Lipinski definition) is 5. The molecule has 0 bridgehead atoms. The molecule has 0 saturated carbocycles. The number of nitrogens with one attached hydrogen (secondary N) is 1. The van der Waals surface area contributed by atoms with Gasteiger partial charge in [0.05, 0.1) is 0 Å². The number of carbonyl (C=O) groups excluding carboxylic acids is 1. The van der Waals surface area contributed by atoms with Gasteiger partial charge >= 0.3 is 0 Å². The minimum atomic E-state index is -0.245. The van der Waals surface area contributed by atoms with Crippen molar-refractivity contribution in [3.63, 3.8) is 0 Å². The highest BCUT2D eigenvalue weighted by Crippen LogP contribution is 2.29. The second-order valence-corrected chi connectivity index (χ2v) is 8.28. The highest BCUT2D eigenvalue weighted by atomic mass is 32.2. The molecule has 7 heteroatoms. The summed E-state index contributed by atoms with van der Waals surface area (Å²) in [6, 6.07) is 6.47. The lowest BCUT2D eigenvalue weighted by molar-refractivity contribution is -0.117. The lowest BCUT2D eigenvalue weighted by atomic mass is 9.92. The van der Waals surface area contributed by atoms with E-state index in [0.29, 0.717) is 17.3 Å². The summed E-state index contributed by atoms with van der Waals surface area (Å²) in [5.74, 6) is 0.304. The summed E-state index contributed by atoms with van der Waals surface area (Å²) < 4.78 is 13.8. The van der Waals surface area contributed by atoms with Gasteiger partial charge in [0.2, 0.25) is 11.0 Å². The minimum absolute atomic E-state index is 0.0645. The summed E-state index contributed by atoms with van der Waals surface area (Å²) in [7, 11) is 0. The van der Waals surface area contributed by atoms with Gasteiger partial charge in [0, 0.05) is 12.2 Å². The van der Waals surface area contributed by atoms with Gasteiger partial charge in [0.15, 0.2) is 4.34 Å². The molecule has 0 aliphatic rings. The Labute approximate surface area is 137 Å². The fourth-order valence-corrected chi connectivity index (χ4v) is 3.45. The number of hydrogen-bond donors (Lipinski definition) is 1. The third-order valence-electron chi connectivity index (χ3n) is 2.60. The predicted octanol–water partition coefficient (Wildman–Crippen LogP) is 4.34.